The molecule has 0 N–H and O–H groups in total. The van der Waals surface area contributed by atoms with Gasteiger partial charge in [-0.3, -0.25) is 4.79 Å². The van der Waals surface area contributed by atoms with Gasteiger partial charge in [-0.25, -0.2) is 4.39 Å². The van der Waals surface area contributed by atoms with Gasteiger partial charge in [-0.1, -0.05) is 46.7 Å². The molecule has 0 aliphatic rings. The second kappa shape index (κ2) is 6.43. The van der Waals surface area contributed by atoms with Gasteiger partial charge in [0, 0.05) is 11.6 Å². The van der Waals surface area contributed by atoms with E-state index in [1.165, 1.54) is 29.5 Å². The van der Waals surface area contributed by atoms with Crippen LogP contribution in [-0.2, 0) is 6.54 Å². The summed E-state index contributed by atoms with van der Waals surface area (Å²) in [6, 6.07) is 9.19. The third kappa shape index (κ3) is 3.04. The molecule has 0 saturated heterocycles. The fraction of sp³-hybridized carbons (Fsp3) is 0.125. The lowest BCUT2D eigenvalue weighted by atomic mass is 10.2. The van der Waals surface area contributed by atoms with E-state index in [0.717, 1.165) is 10.2 Å². The SMILES string of the molecule is CCn1c(=NC(=O)c2ccccc2F)sc2cc(Cl)cc(Cl)c21. The number of carbonyl (C=O) groups is 1. The highest BCUT2D eigenvalue weighted by Crippen LogP contribution is 2.29. The summed E-state index contributed by atoms with van der Waals surface area (Å²) in [5.74, 6) is -1.22. The van der Waals surface area contributed by atoms with Gasteiger partial charge in [-0.2, -0.15) is 4.99 Å². The Kier molecular flexibility index (Phi) is 4.53. The van der Waals surface area contributed by atoms with Crippen LogP contribution in [0.5, 0.6) is 0 Å². The fourth-order valence-corrected chi connectivity index (χ4v) is 4.16. The van der Waals surface area contributed by atoms with E-state index in [1.807, 2.05) is 11.5 Å². The first-order valence-corrected chi connectivity index (χ1v) is 8.40. The number of aromatic nitrogens is 1. The summed E-state index contributed by atoms with van der Waals surface area (Å²) < 4.78 is 16.4. The Morgan fingerprint density at radius 3 is 2.74 bits per heavy atom. The molecule has 0 atom stereocenters. The second-order valence-corrected chi connectivity index (χ2v) is 6.61. The van der Waals surface area contributed by atoms with Gasteiger partial charge in [0.25, 0.3) is 5.91 Å². The van der Waals surface area contributed by atoms with E-state index >= 15 is 0 Å². The van der Waals surface area contributed by atoms with Crippen LogP contribution < -0.4 is 4.80 Å². The zero-order chi connectivity index (χ0) is 16.6. The number of halogens is 3. The van der Waals surface area contributed by atoms with Gasteiger partial charge in [0.05, 0.1) is 20.8 Å². The van der Waals surface area contributed by atoms with E-state index < -0.39 is 11.7 Å². The van der Waals surface area contributed by atoms with Gasteiger partial charge in [0.1, 0.15) is 5.82 Å². The van der Waals surface area contributed by atoms with Crippen LogP contribution in [0.3, 0.4) is 0 Å². The van der Waals surface area contributed by atoms with Crippen molar-refractivity contribution in [1.82, 2.24) is 4.57 Å². The van der Waals surface area contributed by atoms with Crippen molar-refractivity contribution in [3.8, 4) is 0 Å². The molecule has 2 aromatic carbocycles. The summed E-state index contributed by atoms with van der Waals surface area (Å²) in [5, 5.41) is 1.00. The van der Waals surface area contributed by atoms with E-state index in [1.54, 1.807) is 18.2 Å². The number of benzene rings is 2. The highest BCUT2D eigenvalue weighted by Gasteiger charge is 2.13. The second-order valence-electron chi connectivity index (χ2n) is 4.76. The topological polar surface area (TPSA) is 34.4 Å². The number of nitrogens with zero attached hydrogens (tertiary/aromatic N) is 2. The highest BCUT2D eigenvalue weighted by molar-refractivity contribution is 7.16. The lowest BCUT2D eigenvalue weighted by Gasteiger charge is -2.03. The predicted molar refractivity (Wildman–Crippen MR) is 91.8 cm³/mol. The van der Waals surface area contributed by atoms with Crippen LogP contribution in [0, 0.1) is 5.82 Å². The summed E-state index contributed by atoms with van der Waals surface area (Å²) in [6.45, 7) is 2.49. The third-order valence-corrected chi connectivity index (χ3v) is 4.84. The summed E-state index contributed by atoms with van der Waals surface area (Å²) in [5.41, 5.74) is 0.709. The van der Waals surface area contributed by atoms with Crippen LogP contribution in [0.4, 0.5) is 4.39 Å². The van der Waals surface area contributed by atoms with Crippen molar-refractivity contribution in [3.05, 3.63) is 62.6 Å². The fourth-order valence-electron chi connectivity index (χ4n) is 2.29. The average molecular weight is 369 g/mol. The molecule has 118 valence electrons. The van der Waals surface area contributed by atoms with Gasteiger partial charge >= 0.3 is 0 Å². The maximum Gasteiger partial charge on any atom is 0.282 e. The molecule has 3 rings (SSSR count). The van der Waals surface area contributed by atoms with Gasteiger partial charge in [0.2, 0.25) is 0 Å². The third-order valence-electron chi connectivity index (χ3n) is 3.31. The molecule has 0 bridgehead atoms. The molecule has 7 heteroatoms. The van der Waals surface area contributed by atoms with Crippen molar-refractivity contribution >= 4 is 50.7 Å². The lowest BCUT2D eigenvalue weighted by molar-refractivity contribution is 0.0994. The number of hydrogen-bond acceptors (Lipinski definition) is 2. The normalized spacial score (nSPS) is 12.1. The molecule has 0 saturated carbocycles. The number of fused-ring (bicyclic) bond motifs is 1. The smallest absolute Gasteiger partial charge is 0.282 e. The number of thiazole rings is 1. The van der Waals surface area contributed by atoms with Crippen molar-refractivity contribution in [2.45, 2.75) is 13.5 Å². The summed E-state index contributed by atoms with van der Waals surface area (Å²) in [7, 11) is 0. The van der Waals surface area contributed by atoms with E-state index in [-0.39, 0.29) is 5.56 Å². The molecule has 0 spiro atoms. The van der Waals surface area contributed by atoms with Crippen LogP contribution in [0.15, 0.2) is 41.4 Å². The number of carbonyl (C=O) groups excluding carboxylic acids is 1. The van der Waals surface area contributed by atoms with Crippen LogP contribution in [0.2, 0.25) is 10.0 Å². The van der Waals surface area contributed by atoms with Crippen LogP contribution in [-0.4, -0.2) is 10.5 Å². The number of rotatable bonds is 2. The molecular formula is C16H11Cl2FN2OS. The molecule has 23 heavy (non-hydrogen) atoms. The van der Waals surface area contributed by atoms with Crippen LogP contribution >= 0.6 is 34.5 Å². The first-order valence-electron chi connectivity index (χ1n) is 6.83. The lowest BCUT2D eigenvalue weighted by Crippen LogP contribution is -2.16. The van der Waals surface area contributed by atoms with Gasteiger partial charge < -0.3 is 4.57 Å². The average Bonchev–Trinajstić information content (AvgIpc) is 2.84. The van der Waals surface area contributed by atoms with E-state index in [9.17, 15) is 9.18 Å². The monoisotopic (exact) mass is 368 g/mol. The Morgan fingerprint density at radius 1 is 1.30 bits per heavy atom. The Labute approximate surface area is 145 Å². The number of amides is 1. The highest BCUT2D eigenvalue weighted by atomic mass is 35.5. The zero-order valence-electron chi connectivity index (χ0n) is 12.0. The number of hydrogen-bond donors (Lipinski definition) is 0. The van der Waals surface area contributed by atoms with Crippen molar-refractivity contribution in [3.63, 3.8) is 0 Å². The number of aryl methyl sites for hydroxylation is 1. The standard InChI is InChI=1S/C16H11Cl2FN2OS/c1-2-21-14-11(18)7-9(17)8-13(14)23-16(21)20-15(22)10-5-3-4-6-12(10)19/h3-8H,2H2,1H3. The van der Waals surface area contributed by atoms with Gasteiger partial charge in [-0.05, 0) is 31.2 Å². The largest absolute Gasteiger partial charge is 0.315 e. The summed E-state index contributed by atoms with van der Waals surface area (Å²) in [4.78, 5) is 16.8. The molecule has 1 aromatic heterocycles. The molecule has 0 aliphatic heterocycles. The Balaban J connectivity index is 2.22. The molecular weight excluding hydrogens is 358 g/mol. The minimum Gasteiger partial charge on any atom is -0.315 e. The van der Waals surface area contributed by atoms with E-state index in [0.29, 0.717) is 21.4 Å². The van der Waals surface area contributed by atoms with E-state index in [2.05, 4.69) is 4.99 Å². The van der Waals surface area contributed by atoms with Crippen molar-refractivity contribution in [1.29, 1.82) is 0 Å². The maximum absolute atomic E-state index is 13.7. The predicted octanol–water partition coefficient (Wildman–Crippen LogP) is 4.91. The van der Waals surface area contributed by atoms with Crippen molar-refractivity contribution in [2.75, 3.05) is 0 Å². The first-order chi connectivity index (χ1) is 11.0. The minimum absolute atomic E-state index is 0.0586. The minimum atomic E-state index is -0.626. The molecule has 0 unspecified atom stereocenters. The molecule has 3 nitrogen and oxygen atoms in total. The molecule has 1 amide bonds. The van der Waals surface area contributed by atoms with E-state index in [4.69, 9.17) is 23.2 Å². The van der Waals surface area contributed by atoms with Crippen LogP contribution in [0.25, 0.3) is 10.2 Å². The van der Waals surface area contributed by atoms with Crippen molar-refractivity contribution in [2.24, 2.45) is 4.99 Å². The van der Waals surface area contributed by atoms with Gasteiger partial charge in [-0.15, -0.1) is 0 Å². The molecule has 3 aromatic rings. The van der Waals surface area contributed by atoms with Gasteiger partial charge in [0.15, 0.2) is 4.80 Å². The Hall–Kier alpha value is -1.69. The maximum atomic E-state index is 13.7. The summed E-state index contributed by atoms with van der Waals surface area (Å²) in [6.07, 6.45) is 0. The molecule has 1 heterocycles. The zero-order valence-corrected chi connectivity index (χ0v) is 14.3. The Morgan fingerprint density at radius 2 is 2.04 bits per heavy atom. The molecule has 0 fully saturated rings. The first kappa shape index (κ1) is 16.2. The van der Waals surface area contributed by atoms with Crippen molar-refractivity contribution < 1.29 is 9.18 Å². The van der Waals surface area contributed by atoms with Crippen LogP contribution in [0.1, 0.15) is 17.3 Å². The quantitative estimate of drug-likeness (QED) is 0.632. The molecule has 0 aliphatic carbocycles. The molecule has 0 radical (unpaired) electrons. The Bertz CT molecular complexity index is 978. The summed E-state index contributed by atoms with van der Waals surface area (Å²) >= 11 is 13.6.